The highest BCUT2D eigenvalue weighted by molar-refractivity contribution is 7.99. The maximum Gasteiger partial charge on any atom is 0.161 e. The van der Waals surface area contributed by atoms with Crippen LogP contribution in [0, 0.1) is 13.8 Å². The molecule has 0 spiro atoms. The Hall–Kier alpha value is -6.30. The van der Waals surface area contributed by atoms with Gasteiger partial charge < -0.3 is 27.0 Å². The van der Waals surface area contributed by atoms with Crippen molar-refractivity contribution in [1.29, 1.82) is 0 Å². The Morgan fingerprint density at radius 1 is 0.545 bits per heavy atom. The largest absolute Gasteiger partial charge is 0.399 e. The molecule has 6 N–H and O–H groups in total. The molecule has 272 valence electrons. The van der Waals surface area contributed by atoms with Crippen LogP contribution in [0.3, 0.4) is 0 Å². The molecular weight excluding hydrogens is 719 g/mol. The third-order valence-corrected chi connectivity index (χ3v) is 11.3. The van der Waals surface area contributed by atoms with E-state index < -0.39 is 0 Å². The Morgan fingerprint density at radius 3 is 1.56 bits per heavy atom. The number of nitrogens with one attached hydrogen (secondary N) is 2. The predicted molar refractivity (Wildman–Crippen MR) is 230 cm³/mol. The molecule has 4 aromatic carbocycles. The van der Waals surface area contributed by atoms with Crippen molar-refractivity contribution in [2.45, 2.75) is 40.0 Å². The summed E-state index contributed by atoms with van der Waals surface area (Å²) in [5.74, 6) is 0. The molecule has 0 aliphatic heterocycles. The Labute approximate surface area is 328 Å². The lowest BCUT2D eigenvalue weighted by Gasteiger charge is -2.23. The molecule has 11 heteroatoms. The van der Waals surface area contributed by atoms with E-state index in [2.05, 4.69) is 91.0 Å². The SMILES string of the molecule is Cc1ccc2c(Nc3cc(CN(C)c4ccc(Sc5ccc(N)cc5)c(Nc5ccnc6nc(C)ccc56)c4)ccc3Sc3ccc(N)cc3)ccnc2n1. The van der Waals surface area contributed by atoms with Crippen molar-refractivity contribution in [3.05, 3.63) is 151 Å². The smallest absolute Gasteiger partial charge is 0.161 e. The fraction of sp³-hybridized carbons (Fsp3) is 0.0909. The Bertz CT molecular complexity index is 2650. The van der Waals surface area contributed by atoms with Gasteiger partial charge in [-0.05, 0) is 135 Å². The molecule has 0 aliphatic rings. The van der Waals surface area contributed by atoms with Crippen LogP contribution in [0.1, 0.15) is 17.0 Å². The number of pyridine rings is 4. The van der Waals surface area contributed by atoms with E-state index in [9.17, 15) is 0 Å². The number of nitrogens with zero attached hydrogens (tertiary/aromatic N) is 5. The summed E-state index contributed by atoms with van der Waals surface area (Å²) in [7, 11) is 2.12. The van der Waals surface area contributed by atoms with E-state index in [0.717, 1.165) is 87.1 Å². The van der Waals surface area contributed by atoms with Crippen molar-refractivity contribution in [2.75, 3.05) is 34.0 Å². The molecule has 0 bridgehead atoms. The first-order valence-corrected chi connectivity index (χ1v) is 19.4. The average molecular weight is 758 g/mol. The van der Waals surface area contributed by atoms with Gasteiger partial charge in [0.15, 0.2) is 11.3 Å². The molecule has 0 saturated carbocycles. The first kappa shape index (κ1) is 35.7. The van der Waals surface area contributed by atoms with Crippen LogP contribution in [0.5, 0.6) is 0 Å². The summed E-state index contributed by atoms with van der Waals surface area (Å²) >= 11 is 3.38. The Balaban J connectivity index is 1.12. The van der Waals surface area contributed by atoms with Crippen molar-refractivity contribution >= 4 is 85.4 Å². The van der Waals surface area contributed by atoms with Gasteiger partial charge in [-0.3, -0.25) is 0 Å². The van der Waals surface area contributed by atoms with Crippen molar-refractivity contribution in [2.24, 2.45) is 0 Å². The molecule has 4 heterocycles. The molecule has 4 aromatic heterocycles. The first-order valence-electron chi connectivity index (χ1n) is 17.8. The van der Waals surface area contributed by atoms with E-state index in [1.807, 2.05) is 86.6 Å². The van der Waals surface area contributed by atoms with E-state index in [4.69, 9.17) is 11.5 Å². The molecule has 0 amide bonds. The van der Waals surface area contributed by atoms with Crippen LogP contribution in [0.2, 0.25) is 0 Å². The molecule has 0 radical (unpaired) electrons. The Morgan fingerprint density at radius 2 is 1.04 bits per heavy atom. The highest BCUT2D eigenvalue weighted by Crippen LogP contribution is 2.40. The zero-order chi connectivity index (χ0) is 37.9. The lowest BCUT2D eigenvalue weighted by atomic mass is 10.1. The summed E-state index contributed by atoms with van der Waals surface area (Å²) in [4.78, 5) is 25.0. The molecule has 8 rings (SSSR count). The molecule has 0 atom stereocenters. The van der Waals surface area contributed by atoms with Crippen LogP contribution in [0.15, 0.2) is 153 Å². The van der Waals surface area contributed by atoms with Crippen molar-refractivity contribution in [1.82, 2.24) is 19.9 Å². The molecule has 0 unspecified atom stereocenters. The van der Waals surface area contributed by atoms with Gasteiger partial charge in [-0.2, -0.15) is 0 Å². The molecule has 55 heavy (non-hydrogen) atoms. The lowest BCUT2D eigenvalue weighted by Crippen LogP contribution is -2.16. The maximum atomic E-state index is 6.00. The average Bonchev–Trinajstić information content (AvgIpc) is 3.18. The number of nitrogen functional groups attached to an aromatic ring is 2. The fourth-order valence-corrected chi connectivity index (χ4v) is 8.02. The Kier molecular flexibility index (Phi) is 10.1. The van der Waals surface area contributed by atoms with Gasteiger partial charge in [-0.25, -0.2) is 19.9 Å². The number of rotatable bonds is 11. The quantitative estimate of drug-likeness (QED) is 0.0940. The number of nitrogens with two attached hydrogens (primary N) is 2. The van der Waals surface area contributed by atoms with Gasteiger partial charge >= 0.3 is 0 Å². The summed E-state index contributed by atoms with van der Waals surface area (Å²) in [6, 6.07) is 41.2. The van der Waals surface area contributed by atoms with Crippen LogP contribution in [0.4, 0.5) is 39.8 Å². The van der Waals surface area contributed by atoms with Crippen molar-refractivity contribution in [3.63, 3.8) is 0 Å². The van der Waals surface area contributed by atoms with Gasteiger partial charge in [0.2, 0.25) is 0 Å². The van der Waals surface area contributed by atoms with Gasteiger partial charge in [-0.1, -0.05) is 29.6 Å². The number of aryl methyl sites for hydroxylation is 2. The van der Waals surface area contributed by atoms with E-state index in [1.165, 1.54) is 0 Å². The molecule has 8 aromatic rings. The second kappa shape index (κ2) is 15.6. The maximum absolute atomic E-state index is 6.00. The number of hydrogen-bond acceptors (Lipinski definition) is 11. The van der Waals surface area contributed by atoms with E-state index >= 15 is 0 Å². The van der Waals surface area contributed by atoms with Gasteiger partial charge in [0.25, 0.3) is 0 Å². The minimum absolute atomic E-state index is 0.671. The molecule has 0 saturated heterocycles. The van der Waals surface area contributed by atoms with E-state index in [-0.39, 0.29) is 0 Å². The standard InChI is InChI=1S/C44H39N9S2/c1-27-4-16-35-37(20-22-47-43(35)49-27)51-39-24-29(6-18-41(39)54-33-12-7-30(45)8-13-33)26-53(3)32-11-19-42(55-34-14-9-31(46)10-15-34)40(25-32)52-38-21-23-48-44-36(38)17-5-28(2)50-44/h4-25H,26,45-46H2,1-3H3,(H,47,49,51)(H,48,50,52). The second-order valence-corrected chi connectivity index (χ2v) is 15.6. The summed E-state index contributed by atoms with van der Waals surface area (Å²) < 4.78 is 0. The van der Waals surface area contributed by atoms with Crippen LogP contribution in [0.25, 0.3) is 22.1 Å². The third-order valence-electron chi connectivity index (χ3n) is 9.11. The molecular formula is C44H39N9S2. The zero-order valence-electron chi connectivity index (χ0n) is 30.6. The highest BCUT2D eigenvalue weighted by Gasteiger charge is 2.15. The van der Waals surface area contributed by atoms with E-state index in [1.54, 1.807) is 35.9 Å². The third kappa shape index (κ3) is 8.28. The van der Waals surface area contributed by atoms with Gasteiger partial charge in [0, 0.05) is 84.8 Å². The summed E-state index contributed by atoms with van der Waals surface area (Å²) in [5.41, 5.74) is 22.8. The van der Waals surface area contributed by atoms with Crippen LogP contribution in [-0.2, 0) is 6.54 Å². The number of fused-ring (bicyclic) bond motifs is 2. The van der Waals surface area contributed by atoms with Crippen LogP contribution in [-0.4, -0.2) is 27.0 Å². The van der Waals surface area contributed by atoms with Gasteiger partial charge in [0.05, 0.1) is 22.7 Å². The van der Waals surface area contributed by atoms with Crippen molar-refractivity contribution < 1.29 is 0 Å². The molecule has 0 aliphatic carbocycles. The minimum atomic E-state index is 0.671. The van der Waals surface area contributed by atoms with Gasteiger partial charge in [0.1, 0.15) is 0 Å². The zero-order valence-corrected chi connectivity index (χ0v) is 32.2. The van der Waals surface area contributed by atoms with Crippen LogP contribution < -0.4 is 27.0 Å². The van der Waals surface area contributed by atoms with Crippen LogP contribution >= 0.6 is 23.5 Å². The molecule has 0 fully saturated rings. The number of anilines is 7. The summed E-state index contributed by atoms with van der Waals surface area (Å²) in [5, 5.41) is 9.39. The highest BCUT2D eigenvalue weighted by atomic mass is 32.2. The molecule has 9 nitrogen and oxygen atoms in total. The monoisotopic (exact) mass is 757 g/mol. The summed E-state index contributed by atoms with van der Waals surface area (Å²) in [6.45, 7) is 4.63. The van der Waals surface area contributed by atoms with E-state index in [0.29, 0.717) is 17.8 Å². The predicted octanol–water partition coefficient (Wildman–Crippen LogP) is 10.8. The lowest BCUT2D eigenvalue weighted by molar-refractivity contribution is 0.921. The minimum Gasteiger partial charge on any atom is -0.399 e. The first-order chi connectivity index (χ1) is 26.7. The normalized spacial score (nSPS) is 11.2. The number of hydrogen-bond donors (Lipinski definition) is 4. The summed E-state index contributed by atoms with van der Waals surface area (Å²) in [6.07, 6.45) is 3.60. The van der Waals surface area contributed by atoms with Gasteiger partial charge in [-0.15, -0.1) is 0 Å². The number of aromatic nitrogens is 4. The second-order valence-electron chi connectivity index (χ2n) is 13.3. The van der Waals surface area contributed by atoms with Crippen molar-refractivity contribution in [3.8, 4) is 0 Å². The topological polar surface area (TPSA) is 131 Å². The number of benzene rings is 4. The fourth-order valence-electron chi connectivity index (χ4n) is 6.25.